The van der Waals surface area contributed by atoms with Gasteiger partial charge in [0.05, 0.1) is 5.56 Å². The van der Waals surface area contributed by atoms with Crippen molar-refractivity contribution in [2.45, 2.75) is 52.0 Å². The summed E-state index contributed by atoms with van der Waals surface area (Å²) in [5.74, 6) is 0.581. The second-order valence-corrected chi connectivity index (χ2v) is 5.47. The summed E-state index contributed by atoms with van der Waals surface area (Å²) in [6, 6.07) is 3.66. The van der Waals surface area contributed by atoms with E-state index in [1.54, 1.807) is 12.1 Å². The zero-order chi connectivity index (χ0) is 13.8. The Morgan fingerprint density at radius 3 is 2.95 bits per heavy atom. The average molecular weight is 262 g/mol. The van der Waals surface area contributed by atoms with Gasteiger partial charge in [0.2, 0.25) is 0 Å². The van der Waals surface area contributed by atoms with E-state index >= 15 is 0 Å². The van der Waals surface area contributed by atoms with Crippen LogP contribution in [-0.2, 0) is 0 Å². The molecule has 1 saturated carbocycles. The van der Waals surface area contributed by atoms with Gasteiger partial charge in [0.1, 0.15) is 5.82 Å². The maximum absolute atomic E-state index is 11.0. The molecule has 1 aromatic rings. The van der Waals surface area contributed by atoms with Crippen LogP contribution in [0.25, 0.3) is 0 Å². The normalized spacial score (nSPS) is 23.1. The minimum absolute atomic E-state index is 0.304. The Morgan fingerprint density at radius 1 is 1.47 bits per heavy atom. The number of aromatic carboxylic acids is 1. The fourth-order valence-electron chi connectivity index (χ4n) is 2.87. The third kappa shape index (κ3) is 3.69. The molecule has 0 saturated heterocycles. The van der Waals surface area contributed by atoms with Gasteiger partial charge in [0, 0.05) is 11.7 Å². The fourth-order valence-corrected chi connectivity index (χ4v) is 2.87. The topological polar surface area (TPSA) is 62.2 Å². The number of carboxylic acids is 1. The third-order valence-electron chi connectivity index (χ3n) is 3.91. The summed E-state index contributed by atoms with van der Waals surface area (Å²) >= 11 is 0. The van der Waals surface area contributed by atoms with Gasteiger partial charge in [-0.15, -0.1) is 0 Å². The highest BCUT2D eigenvalue weighted by atomic mass is 16.4. The Balaban J connectivity index is 2.08. The predicted molar refractivity (Wildman–Crippen MR) is 75.6 cm³/mol. The van der Waals surface area contributed by atoms with Gasteiger partial charge in [0.25, 0.3) is 0 Å². The Bertz CT molecular complexity index is 459. The molecule has 1 heterocycles. The molecule has 0 aromatic carbocycles. The summed E-state index contributed by atoms with van der Waals surface area (Å²) in [6.07, 6.45) is 6.09. The molecule has 2 rings (SSSR count). The number of hydrogen-bond acceptors (Lipinski definition) is 3. The van der Waals surface area contributed by atoms with Crippen molar-refractivity contribution in [3.63, 3.8) is 0 Å². The minimum Gasteiger partial charge on any atom is -0.478 e. The van der Waals surface area contributed by atoms with Gasteiger partial charge >= 0.3 is 5.97 Å². The molecule has 1 aliphatic carbocycles. The number of nitrogens with one attached hydrogen (secondary N) is 1. The van der Waals surface area contributed by atoms with Gasteiger partial charge in [-0.1, -0.05) is 26.2 Å². The van der Waals surface area contributed by atoms with Crippen LogP contribution in [0, 0.1) is 12.8 Å². The molecule has 0 bridgehead atoms. The number of anilines is 1. The lowest BCUT2D eigenvalue weighted by Crippen LogP contribution is -2.27. The predicted octanol–water partition coefficient (Wildman–Crippen LogP) is 3.47. The van der Waals surface area contributed by atoms with Gasteiger partial charge in [-0.3, -0.25) is 0 Å². The quantitative estimate of drug-likeness (QED) is 0.872. The number of carbonyl (C=O) groups is 1. The lowest BCUT2D eigenvalue weighted by molar-refractivity contribution is 0.0696. The maximum Gasteiger partial charge on any atom is 0.335 e. The summed E-state index contributed by atoms with van der Waals surface area (Å²) in [6.45, 7) is 4.06. The number of rotatable bonds is 4. The second-order valence-electron chi connectivity index (χ2n) is 5.47. The molecular weight excluding hydrogens is 240 g/mol. The van der Waals surface area contributed by atoms with Crippen molar-refractivity contribution in [3.8, 4) is 0 Å². The van der Waals surface area contributed by atoms with E-state index in [1.807, 2.05) is 6.92 Å². The Hall–Kier alpha value is -1.58. The van der Waals surface area contributed by atoms with E-state index < -0.39 is 5.97 Å². The molecule has 1 aromatic heterocycles. The first-order valence-electron chi connectivity index (χ1n) is 7.07. The van der Waals surface area contributed by atoms with Crippen molar-refractivity contribution in [2.75, 3.05) is 5.32 Å². The smallest absolute Gasteiger partial charge is 0.335 e. The Labute approximate surface area is 114 Å². The van der Waals surface area contributed by atoms with Crippen LogP contribution in [0.5, 0.6) is 0 Å². The van der Waals surface area contributed by atoms with Crippen molar-refractivity contribution in [1.29, 1.82) is 0 Å². The molecule has 2 unspecified atom stereocenters. The molecule has 4 heteroatoms. The standard InChI is InChI=1S/C15H22N2O2/c1-3-11-5-4-6-13(8-11)17-14-9-12(15(18)19)7-10(2)16-14/h7,9,11,13H,3-6,8H2,1-2H3,(H,16,17)(H,18,19). The van der Waals surface area contributed by atoms with E-state index in [4.69, 9.17) is 5.11 Å². The minimum atomic E-state index is -0.899. The molecule has 0 spiro atoms. The number of aryl methyl sites for hydroxylation is 1. The second kappa shape index (κ2) is 6.04. The summed E-state index contributed by atoms with van der Waals surface area (Å²) < 4.78 is 0. The van der Waals surface area contributed by atoms with Crippen molar-refractivity contribution >= 4 is 11.8 Å². The summed E-state index contributed by atoms with van der Waals surface area (Å²) in [5.41, 5.74) is 1.04. The lowest BCUT2D eigenvalue weighted by Gasteiger charge is -2.29. The highest BCUT2D eigenvalue weighted by molar-refractivity contribution is 5.88. The Kier molecular flexibility index (Phi) is 4.40. The van der Waals surface area contributed by atoms with Gasteiger partial charge in [-0.05, 0) is 37.8 Å². The zero-order valence-corrected chi connectivity index (χ0v) is 11.6. The van der Waals surface area contributed by atoms with Crippen LogP contribution in [0.3, 0.4) is 0 Å². The molecular formula is C15H22N2O2. The van der Waals surface area contributed by atoms with Crippen LogP contribution in [0.1, 0.15) is 55.1 Å². The van der Waals surface area contributed by atoms with Gasteiger partial charge in [-0.25, -0.2) is 9.78 Å². The van der Waals surface area contributed by atoms with Crippen LogP contribution in [0.2, 0.25) is 0 Å². The van der Waals surface area contributed by atoms with Crippen LogP contribution in [-0.4, -0.2) is 22.1 Å². The SMILES string of the molecule is CCC1CCCC(Nc2cc(C(=O)O)cc(C)n2)C1. The first-order chi connectivity index (χ1) is 9.08. The average Bonchev–Trinajstić information content (AvgIpc) is 2.38. The van der Waals surface area contributed by atoms with Crippen molar-refractivity contribution in [3.05, 3.63) is 23.4 Å². The maximum atomic E-state index is 11.0. The molecule has 2 N–H and O–H groups in total. The molecule has 0 aliphatic heterocycles. The van der Waals surface area contributed by atoms with Crippen LogP contribution in [0.4, 0.5) is 5.82 Å². The molecule has 1 aliphatic rings. The zero-order valence-electron chi connectivity index (χ0n) is 11.6. The number of hydrogen-bond donors (Lipinski definition) is 2. The number of pyridine rings is 1. The molecule has 0 amide bonds. The van der Waals surface area contributed by atoms with Gasteiger partial charge in [-0.2, -0.15) is 0 Å². The largest absolute Gasteiger partial charge is 0.478 e. The molecule has 4 nitrogen and oxygen atoms in total. The molecule has 2 atom stereocenters. The summed E-state index contributed by atoms with van der Waals surface area (Å²) in [4.78, 5) is 15.4. The van der Waals surface area contributed by atoms with Crippen LogP contribution < -0.4 is 5.32 Å². The molecule has 0 radical (unpaired) electrons. The summed E-state index contributed by atoms with van der Waals surface area (Å²) in [5, 5.41) is 12.5. The molecule has 104 valence electrons. The first-order valence-corrected chi connectivity index (χ1v) is 7.07. The van der Waals surface area contributed by atoms with Gasteiger partial charge in [0.15, 0.2) is 0 Å². The highest BCUT2D eigenvalue weighted by Crippen LogP contribution is 2.28. The number of carboxylic acid groups (broad SMARTS) is 1. The van der Waals surface area contributed by atoms with Crippen LogP contribution in [0.15, 0.2) is 12.1 Å². The van der Waals surface area contributed by atoms with E-state index in [2.05, 4.69) is 17.2 Å². The van der Waals surface area contributed by atoms with E-state index in [1.165, 1.54) is 19.3 Å². The van der Waals surface area contributed by atoms with Crippen LogP contribution >= 0.6 is 0 Å². The molecule has 19 heavy (non-hydrogen) atoms. The Morgan fingerprint density at radius 2 is 2.26 bits per heavy atom. The third-order valence-corrected chi connectivity index (χ3v) is 3.91. The van der Waals surface area contributed by atoms with Crippen molar-refractivity contribution in [1.82, 2.24) is 4.98 Å². The number of nitrogens with zero attached hydrogens (tertiary/aromatic N) is 1. The lowest BCUT2D eigenvalue weighted by atomic mass is 9.84. The summed E-state index contributed by atoms with van der Waals surface area (Å²) in [7, 11) is 0. The fraction of sp³-hybridized carbons (Fsp3) is 0.600. The first kappa shape index (κ1) is 13.8. The monoisotopic (exact) mass is 262 g/mol. The van der Waals surface area contributed by atoms with E-state index in [0.29, 0.717) is 17.4 Å². The van der Waals surface area contributed by atoms with E-state index in [0.717, 1.165) is 24.5 Å². The van der Waals surface area contributed by atoms with Gasteiger partial charge < -0.3 is 10.4 Å². The number of aromatic nitrogens is 1. The van der Waals surface area contributed by atoms with E-state index in [9.17, 15) is 4.79 Å². The molecule has 1 fully saturated rings. The highest BCUT2D eigenvalue weighted by Gasteiger charge is 2.21. The van der Waals surface area contributed by atoms with E-state index in [-0.39, 0.29) is 0 Å². The van der Waals surface area contributed by atoms with Crippen molar-refractivity contribution in [2.24, 2.45) is 5.92 Å². The van der Waals surface area contributed by atoms with Crippen molar-refractivity contribution < 1.29 is 9.90 Å².